The first-order chi connectivity index (χ1) is 5.66. The van der Waals surface area contributed by atoms with E-state index < -0.39 is 0 Å². The number of aryl methyl sites for hydroxylation is 1. The van der Waals surface area contributed by atoms with Crippen molar-refractivity contribution in [2.45, 2.75) is 6.92 Å². The molecule has 0 bridgehead atoms. The number of fused-ring (bicyclic) bond motifs is 1. The number of benzene rings is 1. The number of rotatable bonds is 0. The fourth-order valence-electron chi connectivity index (χ4n) is 1.27. The van der Waals surface area contributed by atoms with Gasteiger partial charge in [0.15, 0.2) is 0 Å². The molecule has 62 valence electrons. The zero-order valence-corrected chi connectivity index (χ0v) is 7.20. The highest BCUT2D eigenvalue weighted by Crippen LogP contribution is 2.18. The Morgan fingerprint density at radius 1 is 1.33 bits per heavy atom. The summed E-state index contributed by atoms with van der Waals surface area (Å²) in [5, 5.41) is 0.634. The van der Waals surface area contributed by atoms with Gasteiger partial charge in [-0.2, -0.15) is 0 Å². The lowest BCUT2D eigenvalue weighted by molar-refractivity contribution is 1.21. The van der Waals surface area contributed by atoms with Gasteiger partial charge < -0.3 is 9.97 Å². The van der Waals surface area contributed by atoms with Crippen molar-refractivity contribution in [2.75, 3.05) is 0 Å². The molecule has 1 aromatic carbocycles. The second-order valence-corrected chi connectivity index (χ2v) is 3.16. The lowest BCUT2D eigenvalue weighted by Gasteiger charge is -1.95. The topological polar surface area (TPSA) is 48.6 Å². The predicted molar refractivity (Wildman–Crippen MR) is 48.7 cm³/mol. The van der Waals surface area contributed by atoms with Crippen molar-refractivity contribution in [3.63, 3.8) is 0 Å². The Hall–Kier alpha value is -1.22. The molecule has 2 N–H and O–H groups in total. The SMILES string of the molecule is Cc1cc(Cl)cc2[nH]c(=O)[nH]c12. The third kappa shape index (κ3) is 1.02. The van der Waals surface area contributed by atoms with E-state index in [0.29, 0.717) is 5.02 Å². The Balaban J connectivity index is 2.97. The van der Waals surface area contributed by atoms with Crippen LogP contribution in [0.25, 0.3) is 11.0 Å². The summed E-state index contributed by atoms with van der Waals surface area (Å²) in [6.07, 6.45) is 0. The molecule has 0 spiro atoms. The van der Waals surface area contributed by atoms with Crippen LogP contribution in [0.4, 0.5) is 0 Å². The summed E-state index contributed by atoms with van der Waals surface area (Å²) in [5.41, 5.74) is 2.35. The molecule has 2 aromatic rings. The largest absolute Gasteiger partial charge is 0.323 e. The van der Waals surface area contributed by atoms with E-state index >= 15 is 0 Å². The van der Waals surface area contributed by atoms with Crippen molar-refractivity contribution in [2.24, 2.45) is 0 Å². The van der Waals surface area contributed by atoms with E-state index in [4.69, 9.17) is 11.6 Å². The lowest BCUT2D eigenvalue weighted by Crippen LogP contribution is -1.99. The molecule has 1 heterocycles. The third-order valence-electron chi connectivity index (χ3n) is 1.79. The fraction of sp³-hybridized carbons (Fsp3) is 0.125. The van der Waals surface area contributed by atoms with Gasteiger partial charge in [0.05, 0.1) is 11.0 Å². The first-order valence-corrected chi connectivity index (χ1v) is 3.93. The van der Waals surface area contributed by atoms with Gasteiger partial charge in [0.1, 0.15) is 0 Å². The van der Waals surface area contributed by atoms with Crippen LogP contribution in [0.3, 0.4) is 0 Å². The number of hydrogen-bond donors (Lipinski definition) is 2. The maximum Gasteiger partial charge on any atom is 0.323 e. The molecule has 0 aliphatic rings. The molecule has 0 aliphatic heterocycles. The van der Waals surface area contributed by atoms with Crippen LogP contribution in [-0.2, 0) is 0 Å². The molecule has 0 atom stereocenters. The zero-order valence-electron chi connectivity index (χ0n) is 6.44. The molecular formula is C8H7ClN2O. The van der Waals surface area contributed by atoms with Crippen LogP contribution in [0, 0.1) is 6.92 Å². The minimum absolute atomic E-state index is 0.199. The first-order valence-electron chi connectivity index (χ1n) is 3.55. The summed E-state index contributed by atoms with van der Waals surface area (Å²) in [7, 11) is 0. The zero-order chi connectivity index (χ0) is 8.72. The van der Waals surface area contributed by atoms with Crippen molar-refractivity contribution in [1.82, 2.24) is 9.97 Å². The molecular weight excluding hydrogens is 176 g/mol. The van der Waals surface area contributed by atoms with Gasteiger partial charge in [0.25, 0.3) is 0 Å². The minimum atomic E-state index is -0.199. The number of H-pyrrole nitrogens is 2. The number of hydrogen-bond acceptors (Lipinski definition) is 1. The molecule has 0 saturated carbocycles. The average molecular weight is 183 g/mol. The van der Waals surface area contributed by atoms with Crippen molar-refractivity contribution in [3.8, 4) is 0 Å². The minimum Gasteiger partial charge on any atom is -0.306 e. The molecule has 0 aliphatic carbocycles. The Morgan fingerprint density at radius 3 is 2.83 bits per heavy atom. The molecule has 4 heteroatoms. The second-order valence-electron chi connectivity index (χ2n) is 2.72. The highest BCUT2D eigenvalue weighted by Gasteiger charge is 2.01. The summed E-state index contributed by atoms with van der Waals surface area (Å²) in [5.74, 6) is 0. The number of imidazole rings is 1. The van der Waals surface area contributed by atoms with Crippen molar-refractivity contribution in [3.05, 3.63) is 33.2 Å². The Bertz CT molecular complexity index is 483. The maximum atomic E-state index is 10.9. The van der Waals surface area contributed by atoms with Gasteiger partial charge in [-0.05, 0) is 24.6 Å². The van der Waals surface area contributed by atoms with E-state index in [-0.39, 0.29) is 5.69 Å². The summed E-state index contributed by atoms with van der Waals surface area (Å²) in [6, 6.07) is 3.54. The predicted octanol–water partition coefficient (Wildman–Crippen LogP) is 1.82. The van der Waals surface area contributed by atoms with Crippen LogP contribution in [0.1, 0.15) is 5.56 Å². The quantitative estimate of drug-likeness (QED) is 0.642. The molecule has 0 unspecified atom stereocenters. The van der Waals surface area contributed by atoms with Crippen LogP contribution < -0.4 is 5.69 Å². The highest BCUT2D eigenvalue weighted by molar-refractivity contribution is 6.31. The molecule has 3 nitrogen and oxygen atoms in total. The molecule has 0 amide bonds. The summed E-state index contributed by atoms with van der Waals surface area (Å²) in [6.45, 7) is 1.90. The van der Waals surface area contributed by atoms with Crippen molar-refractivity contribution >= 4 is 22.6 Å². The van der Waals surface area contributed by atoms with Gasteiger partial charge in [-0.15, -0.1) is 0 Å². The number of aromatic amines is 2. The summed E-state index contributed by atoms with van der Waals surface area (Å²) >= 11 is 5.80. The summed E-state index contributed by atoms with van der Waals surface area (Å²) in [4.78, 5) is 16.2. The van der Waals surface area contributed by atoms with Gasteiger partial charge in [0, 0.05) is 5.02 Å². The van der Waals surface area contributed by atoms with Gasteiger partial charge in [0.2, 0.25) is 0 Å². The Kier molecular flexibility index (Phi) is 1.48. The van der Waals surface area contributed by atoms with E-state index in [1.807, 2.05) is 13.0 Å². The van der Waals surface area contributed by atoms with E-state index in [1.54, 1.807) is 6.07 Å². The van der Waals surface area contributed by atoms with Crippen molar-refractivity contribution in [1.29, 1.82) is 0 Å². The molecule has 1 aromatic heterocycles. The van der Waals surface area contributed by atoms with Crippen LogP contribution >= 0.6 is 11.6 Å². The summed E-state index contributed by atoms with van der Waals surface area (Å²) < 4.78 is 0. The first kappa shape index (κ1) is 7.43. The normalized spacial score (nSPS) is 10.8. The second kappa shape index (κ2) is 2.38. The van der Waals surface area contributed by atoms with Gasteiger partial charge in [-0.25, -0.2) is 4.79 Å². The molecule has 2 rings (SSSR count). The van der Waals surface area contributed by atoms with Gasteiger partial charge >= 0.3 is 5.69 Å². The Morgan fingerprint density at radius 2 is 2.08 bits per heavy atom. The van der Waals surface area contributed by atoms with Crippen LogP contribution in [-0.4, -0.2) is 9.97 Å². The highest BCUT2D eigenvalue weighted by atomic mass is 35.5. The molecule has 0 radical (unpaired) electrons. The van der Waals surface area contributed by atoms with E-state index in [2.05, 4.69) is 9.97 Å². The fourth-order valence-corrected chi connectivity index (χ4v) is 1.55. The van der Waals surface area contributed by atoms with E-state index in [1.165, 1.54) is 0 Å². The Labute approximate surface area is 73.4 Å². The maximum absolute atomic E-state index is 10.9. The molecule has 0 fully saturated rings. The number of aromatic nitrogens is 2. The van der Waals surface area contributed by atoms with Gasteiger partial charge in [-0.1, -0.05) is 11.6 Å². The van der Waals surface area contributed by atoms with Crippen LogP contribution in [0.15, 0.2) is 16.9 Å². The lowest BCUT2D eigenvalue weighted by atomic mass is 10.2. The van der Waals surface area contributed by atoms with Crippen LogP contribution in [0.2, 0.25) is 5.02 Å². The number of nitrogens with one attached hydrogen (secondary N) is 2. The molecule has 0 saturated heterocycles. The molecule has 12 heavy (non-hydrogen) atoms. The van der Waals surface area contributed by atoms with E-state index in [9.17, 15) is 4.79 Å². The van der Waals surface area contributed by atoms with Crippen LogP contribution in [0.5, 0.6) is 0 Å². The standard InChI is InChI=1S/C8H7ClN2O/c1-4-2-5(9)3-6-7(4)11-8(12)10-6/h2-3H,1H3,(H2,10,11,12). The number of halogens is 1. The monoisotopic (exact) mass is 182 g/mol. The average Bonchev–Trinajstić information content (AvgIpc) is 2.29. The van der Waals surface area contributed by atoms with E-state index in [0.717, 1.165) is 16.6 Å². The third-order valence-corrected chi connectivity index (χ3v) is 2.01. The van der Waals surface area contributed by atoms with Gasteiger partial charge in [-0.3, -0.25) is 0 Å². The van der Waals surface area contributed by atoms with Crippen molar-refractivity contribution < 1.29 is 0 Å². The smallest absolute Gasteiger partial charge is 0.306 e.